The molecule has 1 amide bonds. The second kappa shape index (κ2) is 6.63. The fourth-order valence-corrected chi connectivity index (χ4v) is 4.78. The van der Waals surface area contributed by atoms with Crippen LogP contribution < -0.4 is 9.62 Å². The number of amides is 1. The average Bonchev–Trinajstić information content (AvgIpc) is 3.31. The van der Waals surface area contributed by atoms with Crippen molar-refractivity contribution in [2.45, 2.75) is 17.7 Å². The maximum absolute atomic E-state index is 12.8. The van der Waals surface area contributed by atoms with E-state index in [4.69, 9.17) is 4.42 Å². The molecule has 146 valence electrons. The van der Waals surface area contributed by atoms with Crippen LogP contribution in [0.1, 0.15) is 12.8 Å². The number of sulfonamides is 1. The van der Waals surface area contributed by atoms with E-state index in [1.165, 1.54) is 12.1 Å². The smallest absolute Gasteiger partial charge is 0.261 e. The summed E-state index contributed by atoms with van der Waals surface area (Å²) < 4.78 is 34.1. The average molecular weight is 406 g/mol. The van der Waals surface area contributed by atoms with Crippen LogP contribution in [0.4, 0.5) is 11.4 Å². The first kappa shape index (κ1) is 17.8. The lowest BCUT2D eigenvalue weighted by Gasteiger charge is -2.16. The third kappa shape index (κ3) is 3.13. The third-order valence-electron chi connectivity index (χ3n) is 5.16. The van der Waals surface area contributed by atoms with Gasteiger partial charge in [0.2, 0.25) is 5.91 Å². The normalized spacial score (nSPS) is 14.8. The molecule has 0 unspecified atom stereocenters. The molecule has 0 bridgehead atoms. The SMILES string of the molecule is O=C1CCCN1c1ccc(S(=O)(=O)Nc2ccc3oc4ccccc4c3c2)cc1. The molecule has 1 aliphatic heterocycles. The van der Waals surface area contributed by atoms with Crippen molar-refractivity contribution in [1.29, 1.82) is 0 Å². The molecule has 3 aromatic carbocycles. The second-order valence-electron chi connectivity index (χ2n) is 7.06. The Balaban J connectivity index is 1.44. The second-order valence-corrected chi connectivity index (χ2v) is 8.74. The first-order chi connectivity index (χ1) is 14.0. The van der Waals surface area contributed by atoms with Gasteiger partial charge in [-0.05, 0) is 55.0 Å². The Morgan fingerprint density at radius 3 is 2.41 bits per heavy atom. The van der Waals surface area contributed by atoms with Crippen LogP contribution in [0.2, 0.25) is 0 Å². The number of furan rings is 1. The van der Waals surface area contributed by atoms with E-state index in [2.05, 4.69) is 4.72 Å². The third-order valence-corrected chi connectivity index (χ3v) is 6.56. The number of rotatable bonds is 4. The van der Waals surface area contributed by atoms with Crippen LogP contribution in [0.5, 0.6) is 0 Å². The lowest BCUT2D eigenvalue weighted by atomic mass is 10.1. The fraction of sp³-hybridized carbons (Fsp3) is 0.136. The van der Waals surface area contributed by atoms with Crippen molar-refractivity contribution in [1.82, 2.24) is 0 Å². The monoisotopic (exact) mass is 406 g/mol. The first-order valence-corrected chi connectivity index (χ1v) is 10.8. The number of nitrogens with one attached hydrogen (secondary N) is 1. The molecule has 0 atom stereocenters. The minimum absolute atomic E-state index is 0.0689. The van der Waals surface area contributed by atoms with Gasteiger partial charge < -0.3 is 9.32 Å². The summed E-state index contributed by atoms with van der Waals surface area (Å²) in [5.74, 6) is 0.0689. The molecule has 4 aromatic rings. The van der Waals surface area contributed by atoms with E-state index in [9.17, 15) is 13.2 Å². The number of hydrogen-bond acceptors (Lipinski definition) is 4. The summed E-state index contributed by atoms with van der Waals surface area (Å²) >= 11 is 0. The van der Waals surface area contributed by atoms with E-state index in [1.54, 1.807) is 35.2 Å². The van der Waals surface area contributed by atoms with E-state index >= 15 is 0 Å². The molecule has 0 saturated carbocycles. The summed E-state index contributed by atoms with van der Waals surface area (Å²) in [4.78, 5) is 13.7. The summed E-state index contributed by atoms with van der Waals surface area (Å²) in [6, 6.07) is 19.2. The molecule has 1 aromatic heterocycles. The van der Waals surface area contributed by atoms with E-state index in [-0.39, 0.29) is 10.8 Å². The molecule has 1 fully saturated rings. The molecule has 1 aliphatic rings. The zero-order valence-electron chi connectivity index (χ0n) is 15.5. The van der Waals surface area contributed by atoms with E-state index in [0.717, 1.165) is 28.5 Å². The van der Waals surface area contributed by atoms with Crippen LogP contribution in [-0.2, 0) is 14.8 Å². The minimum atomic E-state index is -3.76. The molecule has 29 heavy (non-hydrogen) atoms. The molecule has 5 rings (SSSR count). The molecule has 7 heteroatoms. The van der Waals surface area contributed by atoms with Crippen LogP contribution in [0, 0.1) is 0 Å². The van der Waals surface area contributed by atoms with Crippen molar-refractivity contribution in [2.75, 3.05) is 16.2 Å². The lowest BCUT2D eigenvalue weighted by molar-refractivity contribution is -0.117. The van der Waals surface area contributed by atoms with Gasteiger partial charge in [-0.1, -0.05) is 18.2 Å². The van der Waals surface area contributed by atoms with Crippen molar-refractivity contribution >= 4 is 49.2 Å². The molecular formula is C22H18N2O4S. The van der Waals surface area contributed by atoms with Crippen LogP contribution in [0.15, 0.2) is 76.0 Å². The molecule has 2 heterocycles. The fourth-order valence-electron chi connectivity index (χ4n) is 3.73. The summed E-state index contributed by atoms with van der Waals surface area (Å²) in [5.41, 5.74) is 2.64. The largest absolute Gasteiger partial charge is 0.456 e. The number of para-hydroxylation sites is 1. The van der Waals surface area contributed by atoms with Gasteiger partial charge in [0, 0.05) is 35.1 Å². The summed E-state index contributed by atoms with van der Waals surface area (Å²) in [6.07, 6.45) is 1.36. The molecule has 6 nitrogen and oxygen atoms in total. The van der Waals surface area contributed by atoms with Crippen molar-refractivity contribution in [3.05, 3.63) is 66.7 Å². The minimum Gasteiger partial charge on any atom is -0.456 e. The maximum atomic E-state index is 12.8. The topological polar surface area (TPSA) is 79.6 Å². The predicted octanol–water partition coefficient (Wildman–Crippen LogP) is 4.51. The number of anilines is 2. The lowest BCUT2D eigenvalue weighted by Crippen LogP contribution is -2.23. The first-order valence-electron chi connectivity index (χ1n) is 9.36. The summed E-state index contributed by atoms with van der Waals surface area (Å²) in [5, 5.41) is 1.78. The molecule has 0 radical (unpaired) electrons. The highest BCUT2D eigenvalue weighted by Gasteiger charge is 2.22. The standard InChI is InChI=1S/C22H18N2O4S/c25-22-6-3-13-24(22)16-8-10-17(11-9-16)29(26,27)23-15-7-12-21-19(14-15)18-4-1-2-5-20(18)28-21/h1-2,4-5,7-12,14,23H,3,6,13H2. The van der Waals surface area contributed by atoms with Gasteiger partial charge in [0.25, 0.3) is 10.0 Å². The van der Waals surface area contributed by atoms with Crippen molar-refractivity contribution in [2.24, 2.45) is 0 Å². The number of fused-ring (bicyclic) bond motifs is 3. The van der Waals surface area contributed by atoms with Crippen LogP contribution in [-0.4, -0.2) is 20.9 Å². The van der Waals surface area contributed by atoms with Crippen molar-refractivity contribution < 1.29 is 17.6 Å². The summed E-state index contributed by atoms with van der Waals surface area (Å²) in [6.45, 7) is 0.669. The molecule has 0 spiro atoms. The van der Waals surface area contributed by atoms with Crippen LogP contribution in [0.25, 0.3) is 21.9 Å². The Kier molecular flexibility index (Phi) is 4.06. The van der Waals surface area contributed by atoms with Gasteiger partial charge in [0.15, 0.2) is 0 Å². The Morgan fingerprint density at radius 2 is 1.66 bits per heavy atom. The molecule has 1 saturated heterocycles. The predicted molar refractivity (Wildman–Crippen MR) is 113 cm³/mol. The highest BCUT2D eigenvalue weighted by atomic mass is 32.2. The Bertz CT molecular complexity index is 1340. The van der Waals surface area contributed by atoms with Gasteiger partial charge in [-0.15, -0.1) is 0 Å². The zero-order valence-corrected chi connectivity index (χ0v) is 16.3. The highest BCUT2D eigenvalue weighted by Crippen LogP contribution is 2.31. The van der Waals surface area contributed by atoms with Crippen molar-refractivity contribution in [3.8, 4) is 0 Å². The van der Waals surface area contributed by atoms with Gasteiger partial charge in [-0.3, -0.25) is 9.52 Å². The Morgan fingerprint density at radius 1 is 0.897 bits per heavy atom. The van der Waals surface area contributed by atoms with Gasteiger partial charge in [0.1, 0.15) is 11.2 Å². The quantitative estimate of drug-likeness (QED) is 0.541. The van der Waals surface area contributed by atoms with Crippen molar-refractivity contribution in [3.63, 3.8) is 0 Å². The number of carbonyl (C=O) groups is 1. The van der Waals surface area contributed by atoms with Gasteiger partial charge in [-0.2, -0.15) is 0 Å². The van der Waals surface area contributed by atoms with E-state index in [0.29, 0.717) is 24.2 Å². The molecular weight excluding hydrogens is 388 g/mol. The van der Waals surface area contributed by atoms with E-state index in [1.807, 2.05) is 24.3 Å². The Labute approximate surface area is 167 Å². The molecule has 0 aliphatic carbocycles. The summed E-state index contributed by atoms with van der Waals surface area (Å²) in [7, 11) is -3.76. The van der Waals surface area contributed by atoms with Gasteiger partial charge in [0.05, 0.1) is 4.90 Å². The van der Waals surface area contributed by atoms with E-state index < -0.39 is 10.0 Å². The zero-order chi connectivity index (χ0) is 20.0. The maximum Gasteiger partial charge on any atom is 0.261 e. The number of nitrogens with zero attached hydrogens (tertiary/aromatic N) is 1. The van der Waals surface area contributed by atoms with Crippen LogP contribution in [0.3, 0.4) is 0 Å². The number of carbonyl (C=O) groups excluding carboxylic acids is 1. The van der Waals surface area contributed by atoms with Gasteiger partial charge in [-0.25, -0.2) is 8.42 Å². The van der Waals surface area contributed by atoms with Gasteiger partial charge >= 0.3 is 0 Å². The number of benzene rings is 3. The Hall–Kier alpha value is -3.32. The van der Waals surface area contributed by atoms with Crippen LogP contribution >= 0.6 is 0 Å². The highest BCUT2D eigenvalue weighted by molar-refractivity contribution is 7.92. The number of hydrogen-bond donors (Lipinski definition) is 1. The molecule has 1 N–H and O–H groups in total.